The number of piperazine rings is 1. The molecule has 0 unspecified atom stereocenters. The number of furan rings is 1. The van der Waals surface area contributed by atoms with Crippen molar-refractivity contribution >= 4 is 6.09 Å². The van der Waals surface area contributed by atoms with Gasteiger partial charge in [0.25, 0.3) is 0 Å². The van der Waals surface area contributed by atoms with E-state index in [0.29, 0.717) is 13.1 Å². The Labute approximate surface area is 94.6 Å². The Hall–Kier alpha value is -1.49. The van der Waals surface area contributed by atoms with Crippen LogP contribution in [0.3, 0.4) is 0 Å². The van der Waals surface area contributed by atoms with Gasteiger partial charge in [0, 0.05) is 26.2 Å². The molecule has 0 spiro atoms. The number of nitrogens with zero attached hydrogens (tertiary/aromatic N) is 2. The Bertz CT molecular complexity index is 329. The summed E-state index contributed by atoms with van der Waals surface area (Å²) >= 11 is 0. The quantitative estimate of drug-likeness (QED) is 0.756. The molecule has 0 N–H and O–H groups in total. The molecule has 0 bridgehead atoms. The van der Waals surface area contributed by atoms with Crippen molar-refractivity contribution in [1.82, 2.24) is 9.80 Å². The average molecular weight is 224 g/mol. The molecule has 1 fully saturated rings. The molecule has 1 aliphatic rings. The first-order chi connectivity index (χ1) is 7.79. The molecular weight excluding hydrogens is 208 g/mol. The van der Waals surface area contributed by atoms with E-state index in [1.54, 1.807) is 11.2 Å². The second-order valence-corrected chi connectivity index (χ2v) is 3.81. The average Bonchev–Trinajstić information content (AvgIpc) is 2.82. The van der Waals surface area contributed by atoms with Gasteiger partial charge in [-0.3, -0.25) is 4.90 Å². The van der Waals surface area contributed by atoms with Crippen LogP contribution < -0.4 is 0 Å². The first-order valence-corrected chi connectivity index (χ1v) is 5.37. The Morgan fingerprint density at radius 3 is 2.75 bits per heavy atom. The van der Waals surface area contributed by atoms with Crippen molar-refractivity contribution in [3.63, 3.8) is 0 Å². The molecule has 1 saturated heterocycles. The van der Waals surface area contributed by atoms with E-state index in [2.05, 4.69) is 9.64 Å². The summed E-state index contributed by atoms with van der Waals surface area (Å²) in [4.78, 5) is 15.2. The fourth-order valence-corrected chi connectivity index (χ4v) is 1.84. The maximum atomic E-state index is 11.3. The zero-order valence-electron chi connectivity index (χ0n) is 9.39. The van der Waals surface area contributed by atoms with Crippen LogP contribution in [-0.2, 0) is 11.3 Å². The molecule has 1 amide bonds. The summed E-state index contributed by atoms with van der Waals surface area (Å²) in [6.45, 7) is 3.95. The largest absolute Gasteiger partial charge is 0.468 e. The highest BCUT2D eigenvalue weighted by molar-refractivity contribution is 5.67. The predicted octanol–water partition coefficient (Wildman–Crippen LogP) is 1.16. The van der Waals surface area contributed by atoms with Crippen LogP contribution in [-0.4, -0.2) is 49.2 Å². The lowest BCUT2D eigenvalue weighted by atomic mass is 10.3. The molecule has 0 aliphatic carbocycles. The van der Waals surface area contributed by atoms with E-state index in [4.69, 9.17) is 4.42 Å². The summed E-state index contributed by atoms with van der Waals surface area (Å²) in [7, 11) is 1.41. The van der Waals surface area contributed by atoms with Gasteiger partial charge in [-0.05, 0) is 12.1 Å². The van der Waals surface area contributed by atoms with Gasteiger partial charge in [-0.25, -0.2) is 4.79 Å². The lowest BCUT2D eigenvalue weighted by Crippen LogP contribution is -2.48. The second kappa shape index (κ2) is 5.03. The molecule has 1 aromatic heterocycles. The number of carbonyl (C=O) groups is 1. The van der Waals surface area contributed by atoms with Crippen LogP contribution in [0.1, 0.15) is 5.76 Å². The van der Waals surface area contributed by atoms with Crippen molar-refractivity contribution < 1.29 is 13.9 Å². The summed E-state index contributed by atoms with van der Waals surface area (Å²) in [5.41, 5.74) is 0. The van der Waals surface area contributed by atoms with E-state index in [1.165, 1.54) is 7.11 Å². The first kappa shape index (κ1) is 11.0. The highest BCUT2D eigenvalue weighted by Gasteiger charge is 2.21. The standard InChI is InChI=1S/C11H16N2O3/c1-15-11(14)13-6-4-12(5-7-13)9-10-3-2-8-16-10/h2-3,8H,4-7,9H2,1H3. The van der Waals surface area contributed by atoms with Gasteiger partial charge in [0.15, 0.2) is 0 Å². The molecule has 5 heteroatoms. The SMILES string of the molecule is COC(=O)N1CCN(Cc2ccco2)CC1. The number of methoxy groups -OCH3 is 1. The van der Waals surface area contributed by atoms with Crippen molar-refractivity contribution in [2.45, 2.75) is 6.54 Å². The molecule has 0 aromatic carbocycles. The van der Waals surface area contributed by atoms with Gasteiger partial charge in [-0.2, -0.15) is 0 Å². The molecule has 2 rings (SSSR count). The van der Waals surface area contributed by atoms with Gasteiger partial charge in [-0.15, -0.1) is 0 Å². The van der Waals surface area contributed by atoms with E-state index in [9.17, 15) is 4.79 Å². The Morgan fingerprint density at radius 1 is 1.44 bits per heavy atom. The van der Waals surface area contributed by atoms with E-state index in [1.807, 2.05) is 12.1 Å². The molecule has 88 valence electrons. The smallest absolute Gasteiger partial charge is 0.409 e. The van der Waals surface area contributed by atoms with E-state index >= 15 is 0 Å². The molecule has 0 radical (unpaired) electrons. The highest BCUT2D eigenvalue weighted by atomic mass is 16.5. The molecule has 5 nitrogen and oxygen atoms in total. The van der Waals surface area contributed by atoms with E-state index in [-0.39, 0.29) is 6.09 Å². The first-order valence-electron chi connectivity index (χ1n) is 5.37. The van der Waals surface area contributed by atoms with Crippen LogP contribution in [0, 0.1) is 0 Å². The zero-order chi connectivity index (χ0) is 11.4. The summed E-state index contributed by atoms with van der Waals surface area (Å²) in [5.74, 6) is 0.964. The van der Waals surface area contributed by atoms with Gasteiger partial charge in [0.2, 0.25) is 0 Å². The minimum atomic E-state index is -0.238. The topological polar surface area (TPSA) is 45.9 Å². The van der Waals surface area contributed by atoms with Crippen LogP contribution in [0.4, 0.5) is 4.79 Å². The van der Waals surface area contributed by atoms with Gasteiger partial charge in [-0.1, -0.05) is 0 Å². The Balaban J connectivity index is 1.79. The lowest BCUT2D eigenvalue weighted by Gasteiger charge is -2.33. The fourth-order valence-electron chi connectivity index (χ4n) is 1.84. The van der Waals surface area contributed by atoms with Crippen LogP contribution in [0.2, 0.25) is 0 Å². The summed E-state index contributed by atoms with van der Waals surface area (Å²) in [6.07, 6.45) is 1.44. The maximum Gasteiger partial charge on any atom is 0.409 e. The third-order valence-corrected chi connectivity index (χ3v) is 2.76. The van der Waals surface area contributed by atoms with E-state index < -0.39 is 0 Å². The zero-order valence-corrected chi connectivity index (χ0v) is 9.39. The van der Waals surface area contributed by atoms with Crippen molar-refractivity contribution in [3.8, 4) is 0 Å². The van der Waals surface area contributed by atoms with Crippen molar-refractivity contribution in [3.05, 3.63) is 24.2 Å². The van der Waals surface area contributed by atoms with Gasteiger partial charge >= 0.3 is 6.09 Å². The van der Waals surface area contributed by atoms with Crippen molar-refractivity contribution in [2.24, 2.45) is 0 Å². The fraction of sp³-hybridized carbons (Fsp3) is 0.545. The van der Waals surface area contributed by atoms with Crippen LogP contribution in [0.15, 0.2) is 22.8 Å². The minimum Gasteiger partial charge on any atom is -0.468 e. The monoisotopic (exact) mass is 224 g/mol. The van der Waals surface area contributed by atoms with Crippen molar-refractivity contribution in [1.29, 1.82) is 0 Å². The van der Waals surface area contributed by atoms with Gasteiger partial charge in [0.1, 0.15) is 5.76 Å². The Kier molecular flexibility index (Phi) is 3.46. The number of ether oxygens (including phenoxy) is 1. The lowest BCUT2D eigenvalue weighted by molar-refractivity contribution is 0.0866. The molecule has 2 heterocycles. The maximum absolute atomic E-state index is 11.3. The molecule has 1 aromatic rings. The van der Waals surface area contributed by atoms with Gasteiger partial charge < -0.3 is 14.1 Å². The number of rotatable bonds is 2. The molecule has 1 aliphatic heterocycles. The van der Waals surface area contributed by atoms with E-state index in [0.717, 1.165) is 25.4 Å². The van der Waals surface area contributed by atoms with Crippen LogP contribution >= 0.6 is 0 Å². The van der Waals surface area contributed by atoms with Crippen molar-refractivity contribution in [2.75, 3.05) is 33.3 Å². The second-order valence-electron chi connectivity index (χ2n) is 3.81. The normalized spacial score (nSPS) is 17.4. The summed E-state index contributed by atoms with van der Waals surface area (Å²) in [5, 5.41) is 0. The number of amides is 1. The summed E-state index contributed by atoms with van der Waals surface area (Å²) in [6, 6.07) is 3.85. The number of hydrogen-bond acceptors (Lipinski definition) is 4. The van der Waals surface area contributed by atoms with Gasteiger partial charge in [0.05, 0.1) is 19.9 Å². The predicted molar refractivity (Wildman–Crippen MR) is 58.0 cm³/mol. The third-order valence-electron chi connectivity index (χ3n) is 2.76. The molecule has 0 atom stereocenters. The molecule has 0 saturated carbocycles. The summed E-state index contributed by atoms with van der Waals surface area (Å²) < 4.78 is 9.97. The number of hydrogen-bond donors (Lipinski definition) is 0. The molecular formula is C11H16N2O3. The van der Waals surface area contributed by atoms with Crippen LogP contribution in [0.25, 0.3) is 0 Å². The minimum absolute atomic E-state index is 0.238. The molecule has 16 heavy (non-hydrogen) atoms. The highest BCUT2D eigenvalue weighted by Crippen LogP contribution is 2.09. The Morgan fingerprint density at radius 2 is 2.19 bits per heavy atom. The van der Waals surface area contributed by atoms with Crippen LogP contribution in [0.5, 0.6) is 0 Å². The number of carbonyl (C=O) groups excluding carboxylic acids is 1. The third kappa shape index (κ3) is 2.55.